The van der Waals surface area contributed by atoms with Crippen LogP contribution >= 0.6 is 12.4 Å². The first-order valence-electron chi connectivity index (χ1n) is 7.36. The van der Waals surface area contributed by atoms with Crippen LogP contribution in [0.4, 0.5) is 5.69 Å². The molecule has 1 aliphatic heterocycles. The third kappa shape index (κ3) is 5.66. The number of piperidine rings is 1. The molecule has 1 aliphatic rings. The van der Waals surface area contributed by atoms with Crippen molar-refractivity contribution in [1.82, 2.24) is 5.32 Å². The van der Waals surface area contributed by atoms with E-state index in [1.54, 1.807) is 0 Å². The van der Waals surface area contributed by atoms with Gasteiger partial charge in [-0.25, -0.2) is 0 Å². The predicted octanol–water partition coefficient (Wildman–Crippen LogP) is 2.15. The van der Waals surface area contributed by atoms with E-state index in [9.17, 15) is 9.59 Å². The molecule has 0 aliphatic carbocycles. The molecule has 0 atom stereocenters. The van der Waals surface area contributed by atoms with Gasteiger partial charge in [-0.1, -0.05) is 12.1 Å². The minimum absolute atomic E-state index is 0. The van der Waals surface area contributed by atoms with Gasteiger partial charge < -0.3 is 15.4 Å². The number of carbonyl (C=O) groups is 2. The molecule has 0 radical (unpaired) electrons. The molecule has 6 heteroatoms. The summed E-state index contributed by atoms with van der Waals surface area (Å²) in [6.07, 6.45) is 2.80. The highest BCUT2D eigenvalue weighted by atomic mass is 35.5. The van der Waals surface area contributed by atoms with Crippen LogP contribution in [0.2, 0.25) is 0 Å². The van der Waals surface area contributed by atoms with Gasteiger partial charge in [-0.2, -0.15) is 0 Å². The fourth-order valence-corrected chi connectivity index (χ4v) is 2.43. The molecule has 0 saturated carbocycles. The molecule has 0 aromatic heterocycles. The van der Waals surface area contributed by atoms with Crippen molar-refractivity contribution in [2.24, 2.45) is 5.92 Å². The number of anilines is 1. The summed E-state index contributed by atoms with van der Waals surface area (Å²) in [7, 11) is 1.39. The number of amides is 1. The summed E-state index contributed by atoms with van der Waals surface area (Å²) in [5, 5.41) is 6.21. The smallest absolute Gasteiger partial charge is 0.305 e. The topological polar surface area (TPSA) is 67.4 Å². The molecule has 0 bridgehead atoms. The summed E-state index contributed by atoms with van der Waals surface area (Å²) in [5.74, 6) is -0.0117. The first-order valence-corrected chi connectivity index (χ1v) is 7.36. The van der Waals surface area contributed by atoms with Gasteiger partial charge >= 0.3 is 5.97 Å². The van der Waals surface area contributed by atoms with Gasteiger partial charge in [-0.15, -0.1) is 12.4 Å². The monoisotopic (exact) mass is 326 g/mol. The zero-order chi connectivity index (χ0) is 15.1. The van der Waals surface area contributed by atoms with E-state index < -0.39 is 0 Å². The minimum atomic E-state index is -0.210. The van der Waals surface area contributed by atoms with Gasteiger partial charge in [0.2, 0.25) is 5.91 Å². The molecule has 122 valence electrons. The molecular weight excluding hydrogens is 304 g/mol. The highest BCUT2D eigenvalue weighted by Crippen LogP contribution is 2.16. The molecule has 1 saturated heterocycles. The second kappa shape index (κ2) is 9.43. The number of benzene rings is 1. The van der Waals surface area contributed by atoms with E-state index in [0.29, 0.717) is 12.8 Å². The lowest BCUT2D eigenvalue weighted by Crippen LogP contribution is -2.34. The van der Waals surface area contributed by atoms with Crippen LogP contribution in [-0.2, 0) is 20.7 Å². The van der Waals surface area contributed by atoms with Crippen LogP contribution < -0.4 is 10.6 Å². The summed E-state index contributed by atoms with van der Waals surface area (Å²) < 4.78 is 4.61. The van der Waals surface area contributed by atoms with Gasteiger partial charge in [-0.3, -0.25) is 9.59 Å². The molecule has 5 nitrogen and oxygen atoms in total. The number of methoxy groups -OCH3 is 1. The van der Waals surface area contributed by atoms with Gasteiger partial charge in [0.1, 0.15) is 0 Å². The molecule has 2 rings (SSSR count). The number of esters is 1. The Morgan fingerprint density at radius 1 is 1.23 bits per heavy atom. The number of rotatable bonds is 5. The summed E-state index contributed by atoms with van der Waals surface area (Å²) in [4.78, 5) is 23.2. The van der Waals surface area contributed by atoms with Crippen LogP contribution in [0, 0.1) is 5.92 Å². The first-order chi connectivity index (χ1) is 10.2. The maximum Gasteiger partial charge on any atom is 0.305 e. The molecule has 0 spiro atoms. The maximum absolute atomic E-state index is 12.1. The van der Waals surface area contributed by atoms with Gasteiger partial charge in [0.05, 0.1) is 7.11 Å². The summed E-state index contributed by atoms with van der Waals surface area (Å²) in [6.45, 7) is 1.81. The van der Waals surface area contributed by atoms with E-state index in [2.05, 4.69) is 15.4 Å². The van der Waals surface area contributed by atoms with Gasteiger partial charge in [0.15, 0.2) is 0 Å². The average Bonchev–Trinajstić information content (AvgIpc) is 2.54. The third-order valence-corrected chi connectivity index (χ3v) is 3.78. The first kappa shape index (κ1) is 18.5. The molecule has 1 amide bonds. The quantitative estimate of drug-likeness (QED) is 0.814. The van der Waals surface area contributed by atoms with E-state index in [1.807, 2.05) is 24.3 Å². The normalized spacial score (nSPS) is 14.8. The fraction of sp³-hybridized carbons (Fsp3) is 0.500. The van der Waals surface area contributed by atoms with Crippen molar-refractivity contribution in [1.29, 1.82) is 0 Å². The number of nitrogens with one attached hydrogen (secondary N) is 2. The highest BCUT2D eigenvalue weighted by molar-refractivity contribution is 5.92. The number of carbonyl (C=O) groups excluding carboxylic acids is 2. The molecular formula is C16H23ClN2O3. The van der Waals surface area contributed by atoms with Crippen molar-refractivity contribution in [3.05, 3.63) is 29.8 Å². The van der Waals surface area contributed by atoms with E-state index in [1.165, 1.54) is 7.11 Å². The summed E-state index contributed by atoms with van der Waals surface area (Å²) in [6, 6.07) is 7.62. The van der Waals surface area contributed by atoms with Gasteiger partial charge in [0, 0.05) is 18.0 Å². The lowest BCUT2D eigenvalue weighted by Gasteiger charge is -2.21. The zero-order valence-corrected chi connectivity index (χ0v) is 13.6. The second-order valence-corrected chi connectivity index (χ2v) is 5.29. The molecule has 2 N–H and O–H groups in total. The molecule has 1 fully saturated rings. The van der Waals surface area contributed by atoms with Crippen molar-refractivity contribution in [3.8, 4) is 0 Å². The Bertz CT molecular complexity index is 485. The van der Waals surface area contributed by atoms with E-state index in [-0.39, 0.29) is 30.2 Å². The van der Waals surface area contributed by atoms with Gasteiger partial charge in [0.25, 0.3) is 0 Å². The fourth-order valence-electron chi connectivity index (χ4n) is 2.43. The summed E-state index contributed by atoms with van der Waals surface area (Å²) >= 11 is 0. The standard InChI is InChI=1S/C16H22N2O3.ClH/c1-21-15(19)7-4-12-2-5-14(6-3-12)18-16(20)13-8-10-17-11-9-13;/h2-3,5-6,13,17H,4,7-11H2,1H3,(H,18,20);1H. The van der Waals surface area contributed by atoms with Crippen molar-refractivity contribution < 1.29 is 14.3 Å². The van der Waals surface area contributed by atoms with Crippen LogP contribution in [0.25, 0.3) is 0 Å². The van der Waals surface area contributed by atoms with Crippen LogP contribution in [0.5, 0.6) is 0 Å². The number of halogens is 1. The lowest BCUT2D eigenvalue weighted by molar-refractivity contribution is -0.140. The largest absolute Gasteiger partial charge is 0.469 e. The Labute approximate surface area is 137 Å². The molecule has 0 unspecified atom stereocenters. The van der Waals surface area contributed by atoms with E-state index in [4.69, 9.17) is 0 Å². The third-order valence-electron chi connectivity index (χ3n) is 3.78. The molecule has 1 aromatic rings. The Hall–Kier alpha value is -1.59. The second-order valence-electron chi connectivity index (χ2n) is 5.29. The highest BCUT2D eigenvalue weighted by Gasteiger charge is 2.20. The number of ether oxygens (including phenoxy) is 1. The van der Waals surface area contributed by atoms with Crippen molar-refractivity contribution in [3.63, 3.8) is 0 Å². The van der Waals surface area contributed by atoms with Crippen molar-refractivity contribution >= 4 is 30.0 Å². The number of hydrogen-bond donors (Lipinski definition) is 2. The van der Waals surface area contributed by atoms with Crippen molar-refractivity contribution in [2.45, 2.75) is 25.7 Å². The SMILES string of the molecule is COC(=O)CCc1ccc(NC(=O)C2CCNCC2)cc1.Cl. The Morgan fingerprint density at radius 3 is 2.45 bits per heavy atom. The Kier molecular flexibility index (Phi) is 7.91. The maximum atomic E-state index is 12.1. The lowest BCUT2D eigenvalue weighted by atomic mass is 9.97. The average molecular weight is 327 g/mol. The van der Waals surface area contributed by atoms with Crippen LogP contribution in [0.1, 0.15) is 24.8 Å². The minimum Gasteiger partial charge on any atom is -0.469 e. The number of hydrogen-bond acceptors (Lipinski definition) is 4. The van der Waals surface area contributed by atoms with Crippen LogP contribution in [0.15, 0.2) is 24.3 Å². The Balaban J connectivity index is 0.00000242. The van der Waals surface area contributed by atoms with Crippen LogP contribution in [0.3, 0.4) is 0 Å². The molecule has 1 aromatic carbocycles. The summed E-state index contributed by atoms with van der Waals surface area (Å²) in [5.41, 5.74) is 1.86. The Morgan fingerprint density at radius 2 is 1.86 bits per heavy atom. The molecule has 22 heavy (non-hydrogen) atoms. The van der Waals surface area contributed by atoms with Crippen molar-refractivity contribution in [2.75, 3.05) is 25.5 Å². The van der Waals surface area contributed by atoms with E-state index in [0.717, 1.165) is 37.2 Å². The zero-order valence-electron chi connectivity index (χ0n) is 12.8. The van der Waals surface area contributed by atoms with E-state index >= 15 is 0 Å². The predicted molar refractivity (Wildman–Crippen MR) is 88.3 cm³/mol. The van der Waals surface area contributed by atoms with Gasteiger partial charge in [-0.05, 0) is 50.0 Å². The van der Waals surface area contributed by atoms with Crippen LogP contribution in [-0.4, -0.2) is 32.1 Å². The number of aryl methyl sites for hydroxylation is 1. The molecule has 1 heterocycles.